The highest BCUT2D eigenvalue weighted by molar-refractivity contribution is 8.00. The van der Waals surface area contributed by atoms with Gasteiger partial charge in [-0.05, 0) is 26.0 Å². The van der Waals surface area contributed by atoms with Gasteiger partial charge in [-0.15, -0.1) is 0 Å². The van der Waals surface area contributed by atoms with Crippen molar-refractivity contribution in [1.29, 1.82) is 0 Å². The summed E-state index contributed by atoms with van der Waals surface area (Å²) in [4.78, 5) is 18.2. The first kappa shape index (κ1) is 12.2. The second-order valence-electron chi connectivity index (χ2n) is 4.81. The molecule has 5 heteroatoms. The molecule has 1 aliphatic rings. The van der Waals surface area contributed by atoms with Crippen LogP contribution in [0.2, 0.25) is 0 Å². The van der Waals surface area contributed by atoms with Gasteiger partial charge in [0.2, 0.25) is 0 Å². The summed E-state index contributed by atoms with van der Waals surface area (Å²) in [7, 11) is 0. The quantitative estimate of drug-likeness (QED) is 0.824. The summed E-state index contributed by atoms with van der Waals surface area (Å²) in [6.07, 6.45) is 1.58. The first-order valence-electron chi connectivity index (χ1n) is 5.63. The standard InChI is InChI=1S/C12H17N3OS/c1-12(2)8-15(5-6-17-12)11(16)10-7-9(13)3-4-14-10/h3-4,7H,5-6,8H2,1-2H3,(H2,13,14). The van der Waals surface area contributed by atoms with Crippen molar-refractivity contribution in [3.8, 4) is 0 Å². The lowest BCUT2D eigenvalue weighted by molar-refractivity contribution is 0.0742. The van der Waals surface area contributed by atoms with E-state index in [4.69, 9.17) is 5.73 Å². The van der Waals surface area contributed by atoms with Gasteiger partial charge < -0.3 is 10.6 Å². The number of pyridine rings is 1. The zero-order valence-electron chi connectivity index (χ0n) is 10.1. The second kappa shape index (κ2) is 4.56. The Labute approximate surface area is 106 Å². The van der Waals surface area contributed by atoms with Gasteiger partial charge in [-0.25, -0.2) is 0 Å². The maximum absolute atomic E-state index is 12.2. The van der Waals surface area contributed by atoms with Crippen molar-refractivity contribution in [3.63, 3.8) is 0 Å². The minimum atomic E-state index is -0.0225. The van der Waals surface area contributed by atoms with Crippen LogP contribution in [-0.2, 0) is 0 Å². The van der Waals surface area contributed by atoms with Crippen LogP contribution in [0.25, 0.3) is 0 Å². The molecule has 1 amide bonds. The fraction of sp³-hybridized carbons (Fsp3) is 0.500. The highest BCUT2D eigenvalue weighted by atomic mass is 32.2. The van der Waals surface area contributed by atoms with Crippen molar-refractivity contribution < 1.29 is 4.79 Å². The van der Waals surface area contributed by atoms with E-state index in [-0.39, 0.29) is 10.7 Å². The Morgan fingerprint density at radius 2 is 2.35 bits per heavy atom. The molecule has 2 N–H and O–H groups in total. The van der Waals surface area contributed by atoms with E-state index in [0.717, 1.165) is 18.8 Å². The number of thioether (sulfide) groups is 1. The molecule has 0 unspecified atom stereocenters. The van der Waals surface area contributed by atoms with Crippen LogP contribution in [0.5, 0.6) is 0 Å². The van der Waals surface area contributed by atoms with Crippen LogP contribution < -0.4 is 5.73 Å². The molecule has 17 heavy (non-hydrogen) atoms. The summed E-state index contributed by atoms with van der Waals surface area (Å²) in [6.45, 7) is 5.85. The number of amides is 1. The second-order valence-corrected chi connectivity index (χ2v) is 6.61. The van der Waals surface area contributed by atoms with E-state index in [1.165, 1.54) is 0 Å². The van der Waals surface area contributed by atoms with E-state index in [9.17, 15) is 4.79 Å². The largest absolute Gasteiger partial charge is 0.399 e. The van der Waals surface area contributed by atoms with Crippen LogP contribution in [0.4, 0.5) is 5.69 Å². The molecule has 0 radical (unpaired) electrons. The third kappa shape index (κ3) is 2.91. The Bertz CT molecular complexity index is 434. The minimum Gasteiger partial charge on any atom is -0.399 e. The molecular weight excluding hydrogens is 234 g/mol. The van der Waals surface area contributed by atoms with E-state index in [1.54, 1.807) is 18.3 Å². The Hall–Kier alpha value is -1.23. The number of rotatable bonds is 1. The molecule has 0 spiro atoms. The lowest BCUT2D eigenvalue weighted by Gasteiger charge is -2.37. The zero-order valence-corrected chi connectivity index (χ0v) is 11.0. The Morgan fingerprint density at radius 1 is 1.59 bits per heavy atom. The number of carbonyl (C=O) groups is 1. The average Bonchev–Trinajstić information content (AvgIpc) is 2.26. The maximum Gasteiger partial charge on any atom is 0.272 e. The molecule has 1 aromatic rings. The lowest BCUT2D eigenvalue weighted by atomic mass is 10.1. The average molecular weight is 251 g/mol. The number of nitrogens with two attached hydrogens (primary N) is 1. The maximum atomic E-state index is 12.2. The van der Waals surface area contributed by atoms with Crippen molar-refractivity contribution in [2.24, 2.45) is 0 Å². The molecule has 0 aliphatic carbocycles. The Morgan fingerprint density at radius 3 is 3.00 bits per heavy atom. The number of hydrogen-bond acceptors (Lipinski definition) is 4. The molecule has 2 rings (SSSR count). The van der Waals surface area contributed by atoms with Crippen molar-refractivity contribution >= 4 is 23.4 Å². The molecular formula is C12H17N3OS. The predicted molar refractivity (Wildman–Crippen MR) is 71.1 cm³/mol. The smallest absolute Gasteiger partial charge is 0.272 e. The van der Waals surface area contributed by atoms with Crippen molar-refractivity contribution in [2.45, 2.75) is 18.6 Å². The van der Waals surface area contributed by atoms with E-state index in [1.807, 2.05) is 16.7 Å². The normalized spacial score (nSPS) is 19.1. The number of nitrogens with zero attached hydrogens (tertiary/aromatic N) is 2. The molecule has 2 heterocycles. The molecule has 0 aromatic carbocycles. The molecule has 4 nitrogen and oxygen atoms in total. The number of carbonyl (C=O) groups excluding carboxylic acids is 1. The van der Waals surface area contributed by atoms with Gasteiger partial charge in [0.15, 0.2) is 0 Å². The van der Waals surface area contributed by atoms with Gasteiger partial charge in [-0.3, -0.25) is 9.78 Å². The van der Waals surface area contributed by atoms with Gasteiger partial charge in [0.05, 0.1) is 0 Å². The molecule has 0 saturated carbocycles. The summed E-state index contributed by atoms with van der Waals surface area (Å²) < 4.78 is 0.119. The highest BCUT2D eigenvalue weighted by Gasteiger charge is 2.30. The molecule has 1 fully saturated rings. The van der Waals surface area contributed by atoms with Crippen molar-refractivity contribution in [1.82, 2.24) is 9.88 Å². The number of nitrogen functional groups attached to an aromatic ring is 1. The Balaban J connectivity index is 2.15. The summed E-state index contributed by atoms with van der Waals surface area (Å²) in [6, 6.07) is 3.32. The molecule has 1 saturated heterocycles. The monoisotopic (exact) mass is 251 g/mol. The van der Waals surface area contributed by atoms with E-state index < -0.39 is 0 Å². The predicted octanol–water partition coefficient (Wildman–Crippen LogP) is 1.63. The van der Waals surface area contributed by atoms with Gasteiger partial charge in [-0.1, -0.05) is 0 Å². The van der Waals surface area contributed by atoms with Crippen LogP contribution in [0.15, 0.2) is 18.3 Å². The third-order valence-electron chi connectivity index (χ3n) is 2.72. The highest BCUT2D eigenvalue weighted by Crippen LogP contribution is 2.30. The zero-order chi connectivity index (χ0) is 12.5. The molecule has 0 atom stereocenters. The fourth-order valence-corrected chi connectivity index (χ4v) is 3.03. The van der Waals surface area contributed by atoms with Gasteiger partial charge in [0.1, 0.15) is 5.69 Å². The van der Waals surface area contributed by atoms with Crippen LogP contribution in [0, 0.1) is 0 Å². The lowest BCUT2D eigenvalue weighted by Crippen LogP contribution is -2.46. The fourth-order valence-electron chi connectivity index (χ4n) is 1.92. The first-order chi connectivity index (χ1) is 7.98. The topological polar surface area (TPSA) is 59.2 Å². The Kier molecular flexibility index (Phi) is 3.28. The van der Waals surface area contributed by atoms with E-state index in [0.29, 0.717) is 11.4 Å². The van der Waals surface area contributed by atoms with Gasteiger partial charge in [-0.2, -0.15) is 11.8 Å². The number of aromatic nitrogens is 1. The summed E-state index contributed by atoms with van der Waals surface area (Å²) in [5.41, 5.74) is 6.68. The SMILES string of the molecule is CC1(C)CN(C(=O)c2cc(N)ccn2)CCS1. The number of anilines is 1. The molecule has 0 bridgehead atoms. The van der Waals surface area contributed by atoms with Crippen molar-refractivity contribution in [2.75, 3.05) is 24.6 Å². The minimum absolute atomic E-state index is 0.0225. The van der Waals surface area contributed by atoms with Crippen molar-refractivity contribution in [3.05, 3.63) is 24.0 Å². The van der Waals surface area contributed by atoms with E-state index in [2.05, 4.69) is 18.8 Å². The number of hydrogen-bond donors (Lipinski definition) is 1. The summed E-state index contributed by atoms with van der Waals surface area (Å²) in [5.74, 6) is 0.951. The third-order valence-corrected chi connectivity index (χ3v) is 4.01. The van der Waals surface area contributed by atoms with Crippen LogP contribution >= 0.6 is 11.8 Å². The van der Waals surface area contributed by atoms with Gasteiger partial charge >= 0.3 is 0 Å². The van der Waals surface area contributed by atoms with Gasteiger partial charge in [0.25, 0.3) is 5.91 Å². The van der Waals surface area contributed by atoms with Crippen LogP contribution in [-0.4, -0.2) is 39.4 Å². The summed E-state index contributed by atoms with van der Waals surface area (Å²) in [5, 5.41) is 0. The van der Waals surface area contributed by atoms with Crippen LogP contribution in [0.3, 0.4) is 0 Å². The van der Waals surface area contributed by atoms with Crippen LogP contribution in [0.1, 0.15) is 24.3 Å². The van der Waals surface area contributed by atoms with E-state index >= 15 is 0 Å². The summed E-state index contributed by atoms with van der Waals surface area (Å²) >= 11 is 1.90. The first-order valence-corrected chi connectivity index (χ1v) is 6.61. The molecule has 1 aliphatic heterocycles. The molecule has 1 aromatic heterocycles. The molecule has 92 valence electrons. The van der Waals surface area contributed by atoms with Gasteiger partial charge in [0, 0.05) is 35.5 Å².